The highest BCUT2D eigenvalue weighted by atomic mass is 35.5. The summed E-state index contributed by atoms with van der Waals surface area (Å²) in [6.45, 7) is 3.88. The van der Waals surface area contributed by atoms with E-state index in [4.69, 9.17) is 16.3 Å². The normalized spacial score (nSPS) is 21.9. The lowest BCUT2D eigenvalue weighted by Gasteiger charge is -2.29. The molecule has 1 amide bonds. The van der Waals surface area contributed by atoms with Crippen LogP contribution in [0.5, 0.6) is 5.75 Å². The second-order valence-electron chi connectivity index (χ2n) is 5.13. The first-order chi connectivity index (χ1) is 10.1. The number of hydrogen-bond acceptors (Lipinski definition) is 4. The van der Waals surface area contributed by atoms with Gasteiger partial charge in [0.1, 0.15) is 5.75 Å². The number of hydrogen-bond donors (Lipinski definition) is 3. The minimum Gasteiger partial charge on any atom is -0.492 e. The quantitative estimate of drug-likeness (QED) is 0.772. The molecule has 2 rings (SSSR count). The number of aliphatic hydroxyl groups is 1. The maximum Gasteiger partial charge on any atom is 0.251 e. The molecule has 5 nitrogen and oxygen atoms in total. The van der Waals surface area contributed by atoms with Gasteiger partial charge in [-0.1, -0.05) is 18.5 Å². The molecule has 1 saturated heterocycles. The lowest BCUT2D eigenvalue weighted by atomic mass is 10.0. The van der Waals surface area contributed by atoms with Crippen LogP contribution in [0.2, 0.25) is 5.02 Å². The number of β-amino-alcohol motifs (C(OH)–C–C–N with tert-alkyl or cyclic N) is 1. The van der Waals surface area contributed by atoms with Crippen molar-refractivity contribution in [3.05, 3.63) is 28.8 Å². The minimum absolute atomic E-state index is 0.228. The summed E-state index contributed by atoms with van der Waals surface area (Å²) in [5, 5.41) is 16.2. The van der Waals surface area contributed by atoms with Crippen molar-refractivity contribution in [1.82, 2.24) is 10.6 Å². The molecule has 6 heteroatoms. The maximum atomic E-state index is 12.2. The summed E-state index contributed by atoms with van der Waals surface area (Å²) in [7, 11) is 0. The first kappa shape index (κ1) is 16.1. The highest BCUT2D eigenvalue weighted by molar-refractivity contribution is 6.32. The minimum atomic E-state index is -0.565. The molecule has 0 spiro atoms. The molecular formula is C15H21ClN2O3. The average Bonchev–Trinajstić information content (AvgIpc) is 2.48. The third-order valence-corrected chi connectivity index (χ3v) is 3.72. The van der Waals surface area contributed by atoms with E-state index < -0.39 is 6.10 Å². The Bertz CT molecular complexity index is 496. The Hall–Kier alpha value is -1.30. The van der Waals surface area contributed by atoms with E-state index in [2.05, 4.69) is 10.6 Å². The molecule has 0 unspecified atom stereocenters. The number of carbonyl (C=O) groups excluding carboxylic acids is 1. The van der Waals surface area contributed by atoms with Crippen molar-refractivity contribution < 1.29 is 14.6 Å². The van der Waals surface area contributed by atoms with Crippen molar-refractivity contribution in [2.24, 2.45) is 0 Å². The van der Waals surface area contributed by atoms with E-state index in [-0.39, 0.29) is 11.9 Å². The van der Waals surface area contributed by atoms with Gasteiger partial charge in [0.25, 0.3) is 5.91 Å². The zero-order valence-electron chi connectivity index (χ0n) is 12.1. The number of benzene rings is 1. The van der Waals surface area contributed by atoms with E-state index in [1.54, 1.807) is 18.2 Å². The topological polar surface area (TPSA) is 70.6 Å². The van der Waals surface area contributed by atoms with Crippen LogP contribution in [-0.2, 0) is 0 Å². The molecule has 2 atom stereocenters. The van der Waals surface area contributed by atoms with Crippen molar-refractivity contribution in [1.29, 1.82) is 0 Å². The Morgan fingerprint density at radius 3 is 3.05 bits per heavy atom. The van der Waals surface area contributed by atoms with E-state index in [1.807, 2.05) is 6.92 Å². The molecule has 0 radical (unpaired) electrons. The largest absolute Gasteiger partial charge is 0.492 e. The second kappa shape index (κ2) is 7.64. The van der Waals surface area contributed by atoms with Gasteiger partial charge in [-0.2, -0.15) is 0 Å². The van der Waals surface area contributed by atoms with Crippen LogP contribution in [0, 0.1) is 0 Å². The van der Waals surface area contributed by atoms with E-state index in [0.717, 1.165) is 13.0 Å². The molecule has 21 heavy (non-hydrogen) atoms. The molecule has 1 fully saturated rings. The van der Waals surface area contributed by atoms with Crippen LogP contribution in [0.3, 0.4) is 0 Å². The number of carbonyl (C=O) groups is 1. The standard InChI is InChI=1S/C15H21ClN2O3/c1-2-7-21-14-4-3-10(8-11(14)16)15(20)18-12-5-6-17-9-13(12)19/h3-4,8,12-13,17,19H,2,5-7,9H2,1H3,(H,18,20)/t12-,13-/m1/s1. The first-order valence-corrected chi connectivity index (χ1v) is 7.61. The molecule has 1 heterocycles. The SMILES string of the molecule is CCCOc1ccc(C(=O)N[C@@H]2CCNC[C@H]2O)cc1Cl. The number of nitrogens with one attached hydrogen (secondary N) is 2. The highest BCUT2D eigenvalue weighted by Crippen LogP contribution is 2.25. The van der Waals surface area contributed by atoms with Gasteiger partial charge in [-0.25, -0.2) is 0 Å². The lowest BCUT2D eigenvalue weighted by molar-refractivity contribution is 0.0765. The average molecular weight is 313 g/mol. The van der Waals surface area contributed by atoms with Crippen LogP contribution in [-0.4, -0.2) is 42.9 Å². The molecule has 1 aromatic carbocycles. The molecule has 1 aliphatic rings. The summed E-state index contributed by atoms with van der Waals surface area (Å²) in [5.41, 5.74) is 0.467. The Labute approximate surface area is 129 Å². The summed E-state index contributed by atoms with van der Waals surface area (Å²) >= 11 is 6.12. The van der Waals surface area contributed by atoms with Crippen molar-refractivity contribution in [2.75, 3.05) is 19.7 Å². The number of piperidine rings is 1. The summed E-state index contributed by atoms with van der Waals surface area (Å²) in [6, 6.07) is 4.74. The van der Waals surface area contributed by atoms with Crippen LogP contribution in [0.1, 0.15) is 30.1 Å². The van der Waals surface area contributed by atoms with Gasteiger partial charge in [-0.05, 0) is 37.6 Å². The number of ether oxygens (including phenoxy) is 1. The number of halogens is 1. The molecule has 116 valence electrons. The van der Waals surface area contributed by atoms with Gasteiger partial charge < -0.3 is 20.5 Å². The molecule has 0 bridgehead atoms. The van der Waals surface area contributed by atoms with Gasteiger partial charge in [-0.15, -0.1) is 0 Å². The molecule has 0 saturated carbocycles. The van der Waals surface area contributed by atoms with Gasteiger partial charge >= 0.3 is 0 Å². The summed E-state index contributed by atoms with van der Waals surface area (Å²) < 4.78 is 5.48. The van der Waals surface area contributed by atoms with Gasteiger partial charge in [-0.3, -0.25) is 4.79 Å². The fraction of sp³-hybridized carbons (Fsp3) is 0.533. The molecule has 3 N–H and O–H groups in total. The number of rotatable bonds is 5. The van der Waals surface area contributed by atoms with Crippen molar-refractivity contribution >= 4 is 17.5 Å². The van der Waals surface area contributed by atoms with Gasteiger partial charge in [0.05, 0.1) is 23.8 Å². The van der Waals surface area contributed by atoms with E-state index in [0.29, 0.717) is 35.9 Å². The molecule has 1 aliphatic heterocycles. The van der Waals surface area contributed by atoms with Crippen LogP contribution < -0.4 is 15.4 Å². The molecule has 1 aromatic rings. The van der Waals surface area contributed by atoms with Crippen molar-refractivity contribution in [3.63, 3.8) is 0 Å². The van der Waals surface area contributed by atoms with Crippen LogP contribution in [0.15, 0.2) is 18.2 Å². The lowest BCUT2D eigenvalue weighted by Crippen LogP contribution is -2.52. The summed E-state index contributed by atoms with van der Waals surface area (Å²) in [6.07, 6.45) is 1.04. The fourth-order valence-corrected chi connectivity index (χ4v) is 2.47. The molecule has 0 aliphatic carbocycles. The first-order valence-electron chi connectivity index (χ1n) is 7.23. The highest BCUT2D eigenvalue weighted by Gasteiger charge is 2.24. The predicted octanol–water partition coefficient (Wildman–Crippen LogP) is 1.58. The van der Waals surface area contributed by atoms with Crippen LogP contribution >= 0.6 is 11.6 Å². The monoisotopic (exact) mass is 312 g/mol. The van der Waals surface area contributed by atoms with Crippen molar-refractivity contribution in [3.8, 4) is 5.75 Å². The van der Waals surface area contributed by atoms with E-state index >= 15 is 0 Å². The Balaban J connectivity index is 2.00. The molecule has 0 aromatic heterocycles. The van der Waals surface area contributed by atoms with Gasteiger partial charge in [0, 0.05) is 12.1 Å². The van der Waals surface area contributed by atoms with E-state index in [9.17, 15) is 9.90 Å². The number of aliphatic hydroxyl groups excluding tert-OH is 1. The predicted molar refractivity (Wildman–Crippen MR) is 82.0 cm³/mol. The van der Waals surface area contributed by atoms with Crippen LogP contribution in [0.25, 0.3) is 0 Å². The third kappa shape index (κ3) is 4.33. The molecular weight excluding hydrogens is 292 g/mol. The van der Waals surface area contributed by atoms with Gasteiger partial charge in [0.15, 0.2) is 0 Å². The maximum absolute atomic E-state index is 12.2. The van der Waals surface area contributed by atoms with Crippen LogP contribution in [0.4, 0.5) is 0 Å². The van der Waals surface area contributed by atoms with Gasteiger partial charge in [0.2, 0.25) is 0 Å². The van der Waals surface area contributed by atoms with Crippen molar-refractivity contribution in [2.45, 2.75) is 31.9 Å². The summed E-state index contributed by atoms with van der Waals surface area (Å²) in [4.78, 5) is 12.2. The van der Waals surface area contributed by atoms with E-state index in [1.165, 1.54) is 0 Å². The zero-order valence-corrected chi connectivity index (χ0v) is 12.8. The second-order valence-corrected chi connectivity index (χ2v) is 5.54. The Morgan fingerprint density at radius 1 is 1.57 bits per heavy atom. The summed E-state index contributed by atoms with van der Waals surface area (Å²) in [5.74, 6) is 0.349. The Morgan fingerprint density at radius 2 is 2.38 bits per heavy atom. The number of amides is 1. The smallest absolute Gasteiger partial charge is 0.251 e. The third-order valence-electron chi connectivity index (χ3n) is 3.42. The fourth-order valence-electron chi connectivity index (χ4n) is 2.23. The zero-order chi connectivity index (χ0) is 15.2. The Kier molecular flexibility index (Phi) is 5.85.